The van der Waals surface area contributed by atoms with Gasteiger partial charge < -0.3 is 68.4 Å². The first-order valence-corrected chi connectivity index (χ1v) is 32.8. The van der Waals surface area contributed by atoms with Gasteiger partial charge in [0.1, 0.15) is 60.6 Å². The molecule has 36 nitrogen and oxygen atoms in total. The van der Waals surface area contributed by atoms with Crippen LogP contribution >= 0.6 is 22.4 Å². The minimum atomic E-state index is -4.21. The normalized spacial score (nSPS) is 28.8. The number of methoxy groups -OCH3 is 3. The molecular formula is C48H73N14O22P3S. The largest absolute Gasteiger partial charge is 0.472 e. The fraction of sp³-hybridized carbons (Fsp3) is 0.625. The maximum absolute atomic E-state index is 11.9. The number of fused-ring (bicyclic) bond motifs is 2. The maximum atomic E-state index is 11.9. The number of nitrogens with zero attached hydrogens (tertiary/aromatic N) is 10. The third-order valence-electron chi connectivity index (χ3n) is 14.5. The van der Waals surface area contributed by atoms with Gasteiger partial charge in [-0.25, -0.2) is 48.6 Å². The Labute approximate surface area is 506 Å². The first kappa shape index (κ1) is 70.0. The number of anilines is 2. The van der Waals surface area contributed by atoms with Crippen LogP contribution in [0.2, 0.25) is 0 Å². The number of rotatable bonds is 20. The molecule has 4 fully saturated rings. The SMILES string of the molecule is CC[C@H]1O[C@@H](n2ccc(=O)[nH]c2=O)C[C@H]1OP(=O)(O)OC.CC[C@H]1O[C@@H](n2ccc(=O)[nH]c2=O)C[C@H]1OP(O)(=S)OC.CC[C@H]1O[C@@H](n2cnc3c(N)ncnc32)C(OC)[C@H]1OC.CC[C@H]1O[C@@H](n2cnc3c(N)ncnc32)C(OC)[C@H]1OP(=O)(O)OC. The second kappa shape index (κ2) is 30.6. The van der Waals surface area contributed by atoms with Crippen molar-refractivity contribution in [2.45, 2.75) is 152 Å². The summed E-state index contributed by atoms with van der Waals surface area (Å²) in [5, 5.41) is 0. The first-order valence-electron chi connectivity index (χ1n) is 27.2. The zero-order chi connectivity index (χ0) is 64.4. The summed E-state index contributed by atoms with van der Waals surface area (Å²) < 4.78 is 98.8. The number of nitrogen functional groups attached to an aromatic ring is 2. The number of ether oxygens (including phenoxy) is 7. The highest BCUT2D eigenvalue weighted by Crippen LogP contribution is 2.51. The number of phosphoric ester groups is 2. The molecule has 0 aromatic carbocycles. The molecule has 6 aromatic rings. The van der Waals surface area contributed by atoms with E-state index in [0.29, 0.717) is 53.8 Å². The van der Waals surface area contributed by atoms with Gasteiger partial charge in [-0.2, -0.15) is 0 Å². The van der Waals surface area contributed by atoms with Crippen molar-refractivity contribution in [2.75, 3.05) is 54.1 Å². The molecule has 5 unspecified atom stereocenters. The Morgan fingerprint density at radius 2 is 0.943 bits per heavy atom. The third-order valence-corrected chi connectivity index (χ3v) is 18.2. The van der Waals surface area contributed by atoms with Gasteiger partial charge in [0, 0.05) is 80.0 Å². The lowest BCUT2D eigenvalue weighted by Crippen LogP contribution is -2.35. The van der Waals surface area contributed by atoms with Crippen LogP contribution in [0, 0.1) is 0 Å². The van der Waals surface area contributed by atoms with Gasteiger partial charge in [-0.1, -0.05) is 27.7 Å². The molecule has 40 heteroatoms. The topological polar surface area (TPSA) is 464 Å². The number of H-pyrrole nitrogens is 2. The second-order valence-corrected chi connectivity index (χ2v) is 25.5. The molecule has 0 aliphatic carbocycles. The zero-order valence-electron chi connectivity index (χ0n) is 49.4. The van der Waals surface area contributed by atoms with Gasteiger partial charge in [0.05, 0.1) is 49.3 Å². The van der Waals surface area contributed by atoms with E-state index < -0.39 is 100 Å². The quantitative estimate of drug-likeness (QED) is 0.0540. The van der Waals surface area contributed by atoms with Gasteiger partial charge in [0.25, 0.3) is 11.1 Å². The summed E-state index contributed by atoms with van der Waals surface area (Å²) in [6.07, 6.45) is 4.99. The molecule has 17 atom stereocenters. The van der Waals surface area contributed by atoms with Crippen LogP contribution < -0.4 is 34.0 Å². The number of phosphoric acid groups is 2. The molecule has 10 rings (SSSR count). The molecule has 0 radical (unpaired) electrons. The standard InChI is InChI=1S/C13H20N5O6P.C13H19N5O3.C11H17N2O7P.C11H17N2O6PS/c1-4-7-9(24-25(19,20)22-3)10(21-2)13(23-7)18-6-17-8-11(14)15-5-16-12(8)18;1-4-7-9(19-2)10(20-3)13(21-7)18-6-17-8-11(14)15-5-16-12(8)18;1-3-7-8(20-21(16,17)18-2)6-10(19-7)13-5-4-9(14)12-11(13)15;1-3-7-8(19-20(16,21)17-2)6-10(18-7)13-5-4-9(14)12-11(13)15/h5-7,9-10,13H,4H2,1-3H3,(H,19,20)(H2,14,15,16);5-7,9-10,13H,4H2,1-3H3,(H2,14,15,16);4-5,7-8,10H,3,6H2,1-2H3,(H,16,17)(H,12,14,15);4-5,7-8,10H,3,6H2,1-2H3,(H,16,21)(H,12,14,15)/t2*7-,9+,10?,13-;7-,8-,10-;7-,8-,10-,20?/m1111/s1. The van der Waals surface area contributed by atoms with Gasteiger partial charge in [-0.05, 0) is 37.5 Å². The number of hydrogen-bond donors (Lipinski definition) is 7. The second-order valence-electron chi connectivity index (χ2n) is 19.6. The van der Waals surface area contributed by atoms with Gasteiger partial charge in [0.15, 0.2) is 35.4 Å². The number of aromatic nitrogens is 12. The summed E-state index contributed by atoms with van der Waals surface area (Å²) in [5.41, 5.74) is 11.6. The molecule has 4 aliphatic heterocycles. The molecule has 9 N–H and O–H groups in total. The summed E-state index contributed by atoms with van der Waals surface area (Å²) in [6, 6.07) is 2.44. The fourth-order valence-corrected chi connectivity index (χ4v) is 12.5. The number of nitrogens with one attached hydrogen (secondary N) is 2. The minimum Gasteiger partial charge on any atom is -0.382 e. The van der Waals surface area contributed by atoms with Crippen molar-refractivity contribution in [2.24, 2.45) is 0 Å². The number of imidazole rings is 2. The van der Waals surface area contributed by atoms with Crippen LogP contribution in [-0.2, 0) is 81.2 Å². The molecular weight excluding hydrogens is 1250 g/mol. The first-order chi connectivity index (χ1) is 41.8. The molecule has 88 heavy (non-hydrogen) atoms. The van der Waals surface area contributed by atoms with Gasteiger partial charge >= 0.3 is 33.7 Å². The summed E-state index contributed by atoms with van der Waals surface area (Å²) >= 11 is 4.83. The van der Waals surface area contributed by atoms with Crippen molar-refractivity contribution in [3.05, 3.63) is 91.5 Å². The molecule has 488 valence electrons. The Hall–Kier alpha value is -5.47. The minimum absolute atomic E-state index is 0.0402. The third kappa shape index (κ3) is 16.3. The molecule has 0 amide bonds. The Kier molecular flexibility index (Phi) is 24.3. The van der Waals surface area contributed by atoms with E-state index in [1.165, 1.54) is 66.9 Å². The molecule has 4 aliphatic rings. The number of hydrogen-bond acceptors (Lipinski definition) is 28. The van der Waals surface area contributed by atoms with Crippen molar-refractivity contribution >= 4 is 68.1 Å². The summed E-state index contributed by atoms with van der Waals surface area (Å²) in [4.78, 5) is 103. The lowest BCUT2D eigenvalue weighted by Gasteiger charge is -2.24. The molecule has 0 saturated carbocycles. The lowest BCUT2D eigenvalue weighted by atomic mass is 10.1. The maximum Gasteiger partial charge on any atom is 0.472 e. The van der Waals surface area contributed by atoms with Crippen molar-refractivity contribution in [3.63, 3.8) is 0 Å². The monoisotopic (exact) mass is 1320 g/mol. The summed E-state index contributed by atoms with van der Waals surface area (Å²) in [5.74, 6) is 0.593. The van der Waals surface area contributed by atoms with Gasteiger partial charge in [0.2, 0.25) is 0 Å². The smallest absolute Gasteiger partial charge is 0.382 e. The van der Waals surface area contributed by atoms with Gasteiger partial charge in [-0.15, -0.1) is 0 Å². The van der Waals surface area contributed by atoms with E-state index in [9.17, 15) is 43.0 Å². The van der Waals surface area contributed by atoms with E-state index in [1.54, 1.807) is 25.1 Å². The highest BCUT2D eigenvalue weighted by atomic mass is 32.5. The van der Waals surface area contributed by atoms with E-state index in [-0.39, 0.29) is 42.9 Å². The number of nitrogens with two attached hydrogens (primary N) is 2. The molecule has 10 heterocycles. The fourth-order valence-electron chi connectivity index (χ4n) is 10.2. The van der Waals surface area contributed by atoms with Crippen LogP contribution in [0.5, 0.6) is 0 Å². The van der Waals surface area contributed by atoms with Crippen LogP contribution in [0.25, 0.3) is 22.3 Å². The van der Waals surface area contributed by atoms with E-state index in [4.69, 9.17) is 74.5 Å². The molecule has 0 spiro atoms. The van der Waals surface area contributed by atoms with E-state index in [2.05, 4.69) is 55.8 Å². The van der Waals surface area contributed by atoms with Crippen LogP contribution in [0.4, 0.5) is 11.6 Å². The predicted molar refractivity (Wildman–Crippen MR) is 312 cm³/mol. The average Bonchev–Trinajstić information content (AvgIpc) is 1.88. The van der Waals surface area contributed by atoms with E-state index >= 15 is 0 Å². The summed E-state index contributed by atoms with van der Waals surface area (Å²) in [6.45, 7) is 4.35. The molecule has 0 bridgehead atoms. The van der Waals surface area contributed by atoms with Gasteiger partial charge in [-0.3, -0.25) is 55.9 Å². The lowest BCUT2D eigenvalue weighted by molar-refractivity contribution is -0.0517. The Balaban J connectivity index is 0.000000168. The average molecular weight is 1320 g/mol. The van der Waals surface area contributed by atoms with Crippen LogP contribution in [0.15, 0.2) is 69.0 Å². The highest BCUT2D eigenvalue weighted by molar-refractivity contribution is 8.07. The van der Waals surface area contributed by atoms with E-state index in [0.717, 1.165) is 20.6 Å². The summed E-state index contributed by atoms with van der Waals surface area (Å²) in [7, 11) is -0.127. The van der Waals surface area contributed by atoms with E-state index in [1.807, 2.05) is 25.3 Å². The van der Waals surface area contributed by atoms with Crippen LogP contribution in [0.1, 0.15) is 91.1 Å². The van der Waals surface area contributed by atoms with Crippen molar-refractivity contribution < 1.29 is 84.1 Å². The van der Waals surface area contributed by atoms with Crippen molar-refractivity contribution in [3.8, 4) is 0 Å². The molecule has 4 saturated heterocycles. The Morgan fingerprint density at radius 3 is 1.33 bits per heavy atom. The van der Waals surface area contributed by atoms with Crippen molar-refractivity contribution in [1.29, 1.82) is 0 Å². The predicted octanol–water partition coefficient (Wildman–Crippen LogP) is 2.46. The Morgan fingerprint density at radius 1 is 0.545 bits per heavy atom. The van der Waals surface area contributed by atoms with Crippen LogP contribution in [-0.4, -0.2) is 177 Å². The highest BCUT2D eigenvalue weighted by Gasteiger charge is 2.50. The van der Waals surface area contributed by atoms with Crippen LogP contribution in [0.3, 0.4) is 0 Å². The zero-order valence-corrected chi connectivity index (χ0v) is 52.9. The Bertz CT molecular complexity index is 3570. The van der Waals surface area contributed by atoms with Crippen molar-refractivity contribution in [1.82, 2.24) is 58.1 Å². The number of aromatic amines is 2. The molecule has 6 aromatic heterocycles.